The Morgan fingerprint density at radius 2 is 2.46 bits per heavy atom. The summed E-state index contributed by atoms with van der Waals surface area (Å²) >= 11 is 1.11. The summed E-state index contributed by atoms with van der Waals surface area (Å²) in [5.74, 6) is -1.31. The number of ether oxygens (including phenoxy) is 1. The van der Waals surface area contributed by atoms with Crippen molar-refractivity contribution in [2.45, 2.75) is 5.72 Å². The number of nitrogens with two attached hydrogens (primary N) is 2. The molecule has 0 aliphatic heterocycles. The van der Waals surface area contributed by atoms with Gasteiger partial charge in [0.25, 0.3) is 5.72 Å². The molecule has 13 heavy (non-hydrogen) atoms. The fraction of sp³-hybridized carbons (Fsp3) is 0.333. The number of hydrogen-bond donors (Lipinski definition) is 3. The molecule has 1 aromatic rings. The fourth-order valence-electron chi connectivity index (χ4n) is 0.760. The monoisotopic (exact) mass is 203 g/mol. The van der Waals surface area contributed by atoms with Gasteiger partial charge in [0.2, 0.25) is 0 Å². The van der Waals surface area contributed by atoms with Gasteiger partial charge >= 0.3 is 5.97 Å². The van der Waals surface area contributed by atoms with Crippen molar-refractivity contribution in [1.82, 2.24) is 4.98 Å². The standard InChI is InChI=1S/C6H9N3O3S/c1-12-6(8,4(10)11)3-2-13-5(7)9-3/h2H,8H2,1H3,(H2,7,9)(H,10,11). The van der Waals surface area contributed by atoms with Crippen LogP contribution in [0, 0.1) is 0 Å². The Bertz CT molecular complexity index is 327. The van der Waals surface area contributed by atoms with Gasteiger partial charge in [0, 0.05) is 12.5 Å². The molecule has 1 unspecified atom stereocenters. The third-order valence-electron chi connectivity index (χ3n) is 1.54. The van der Waals surface area contributed by atoms with Crippen molar-refractivity contribution in [2.75, 3.05) is 12.8 Å². The van der Waals surface area contributed by atoms with Gasteiger partial charge in [-0.25, -0.2) is 9.78 Å². The van der Waals surface area contributed by atoms with Crippen LogP contribution in [0.1, 0.15) is 5.69 Å². The number of anilines is 1. The van der Waals surface area contributed by atoms with Crippen molar-refractivity contribution >= 4 is 22.4 Å². The normalized spacial score (nSPS) is 15.2. The molecule has 6 nitrogen and oxygen atoms in total. The van der Waals surface area contributed by atoms with Gasteiger partial charge in [-0.15, -0.1) is 11.3 Å². The second kappa shape index (κ2) is 3.29. The Balaban J connectivity index is 3.09. The molecule has 0 saturated heterocycles. The van der Waals surface area contributed by atoms with Crippen LogP contribution in [0.2, 0.25) is 0 Å². The molecular formula is C6H9N3O3S. The quantitative estimate of drug-likeness (QED) is 0.574. The number of nitrogen functional groups attached to an aromatic ring is 1. The lowest BCUT2D eigenvalue weighted by Crippen LogP contribution is -2.46. The summed E-state index contributed by atoms with van der Waals surface area (Å²) in [5.41, 5.74) is 8.97. The van der Waals surface area contributed by atoms with Gasteiger partial charge in [-0.2, -0.15) is 0 Å². The second-order valence-electron chi connectivity index (χ2n) is 2.32. The highest BCUT2D eigenvalue weighted by Crippen LogP contribution is 2.22. The molecule has 0 fully saturated rings. The maximum Gasteiger partial charge on any atom is 0.357 e. The maximum absolute atomic E-state index is 10.7. The van der Waals surface area contributed by atoms with Gasteiger partial charge in [-0.1, -0.05) is 0 Å². The summed E-state index contributed by atoms with van der Waals surface area (Å²) in [5, 5.41) is 10.5. The number of carbonyl (C=O) groups is 1. The zero-order valence-electron chi connectivity index (χ0n) is 6.85. The van der Waals surface area contributed by atoms with E-state index in [0.29, 0.717) is 0 Å². The smallest absolute Gasteiger partial charge is 0.357 e. The van der Waals surface area contributed by atoms with Gasteiger partial charge in [0.05, 0.1) is 0 Å². The number of methoxy groups -OCH3 is 1. The topological polar surface area (TPSA) is 111 Å². The second-order valence-corrected chi connectivity index (χ2v) is 3.21. The van der Waals surface area contributed by atoms with E-state index in [-0.39, 0.29) is 10.8 Å². The lowest BCUT2D eigenvalue weighted by molar-refractivity contribution is -0.163. The van der Waals surface area contributed by atoms with Crippen LogP contribution in [0.4, 0.5) is 5.13 Å². The van der Waals surface area contributed by atoms with Crippen molar-refractivity contribution < 1.29 is 14.6 Å². The summed E-state index contributed by atoms with van der Waals surface area (Å²) < 4.78 is 4.67. The maximum atomic E-state index is 10.7. The van der Waals surface area contributed by atoms with Crippen LogP contribution in [0.3, 0.4) is 0 Å². The number of carboxylic acids is 1. The molecule has 0 aliphatic carbocycles. The van der Waals surface area contributed by atoms with Crippen LogP contribution in [-0.4, -0.2) is 23.2 Å². The molecule has 5 N–H and O–H groups in total. The summed E-state index contributed by atoms with van der Waals surface area (Å²) in [6.07, 6.45) is 0. The van der Waals surface area contributed by atoms with Crippen molar-refractivity contribution in [1.29, 1.82) is 0 Å². The predicted octanol–water partition coefficient (Wildman–Crippen LogP) is -0.432. The lowest BCUT2D eigenvalue weighted by atomic mass is 10.2. The molecule has 1 heterocycles. The highest BCUT2D eigenvalue weighted by molar-refractivity contribution is 7.13. The van der Waals surface area contributed by atoms with E-state index in [1.165, 1.54) is 12.5 Å². The number of aliphatic carboxylic acids is 1. The Morgan fingerprint density at radius 3 is 2.77 bits per heavy atom. The SMILES string of the molecule is COC(N)(C(=O)O)c1csc(N)n1. The molecule has 0 bridgehead atoms. The summed E-state index contributed by atoms with van der Waals surface area (Å²) in [7, 11) is 1.20. The van der Waals surface area contributed by atoms with Gasteiger partial charge in [-0.3, -0.25) is 5.73 Å². The Kier molecular flexibility index (Phi) is 2.50. The molecule has 0 radical (unpaired) electrons. The third kappa shape index (κ3) is 1.62. The van der Waals surface area contributed by atoms with Gasteiger partial charge in [0.15, 0.2) is 5.13 Å². The van der Waals surface area contributed by atoms with E-state index in [9.17, 15) is 4.79 Å². The van der Waals surface area contributed by atoms with Gasteiger partial charge < -0.3 is 15.6 Å². The largest absolute Gasteiger partial charge is 0.478 e. The molecule has 72 valence electrons. The van der Waals surface area contributed by atoms with Crippen molar-refractivity contribution in [2.24, 2.45) is 5.73 Å². The minimum atomic E-state index is -1.91. The summed E-state index contributed by atoms with van der Waals surface area (Å²) in [6.45, 7) is 0. The van der Waals surface area contributed by atoms with Crippen LogP contribution in [-0.2, 0) is 15.3 Å². The van der Waals surface area contributed by atoms with E-state index in [1.54, 1.807) is 0 Å². The lowest BCUT2D eigenvalue weighted by Gasteiger charge is -2.19. The van der Waals surface area contributed by atoms with Crippen molar-refractivity contribution in [3.05, 3.63) is 11.1 Å². The number of carboxylic acid groups (broad SMARTS) is 1. The first kappa shape index (κ1) is 9.90. The molecule has 0 amide bonds. The molecule has 0 spiro atoms. The van der Waals surface area contributed by atoms with Crippen molar-refractivity contribution in [3.8, 4) is 0 Å². The van der Waals surface area contributed by atoms with Crippen LogP contribution in [0.15, 0.2) is 5.38 Å². The highest BCUT2D eigenvalue weighted by atomic mass is 32.1. The minimum Gasteiger partial charge on any atom is -0.478 e. The zero-order chi connectivity index (χ0) is 10.1. The molecular weight excluding hydrogens is 194 g/mol. The van der Waals surface area contributed by atoms with Crippen LogP contribution < -0.4 is 11.5 Å². The van der Waals surface area contributed by atoms with Crippen LogP contribution in [0.5, 0.6) is 0 Å². The molecule has 7 heteroatoms. The average Bonchev–Trinajstić information content (AvgIpc) is 2.50. The average molecular weight is 203 g/mol. The van der Waals surface area contributed by atoms with E-state index in [2.05, 4.69) is 9.72 Å². The number of aromatic nitrogens is 1. The van der Waals surface area contributed by atoms with Gasteiger partial charge in [0.1, 0.15) is 5.69 Å². The van der Waals surface area contributed by atoms with E-state index >= 15 is 0 Å². The number of nitrogens with zero attached hydrogens (tertiary/aromatic N) is 1. The summed E-state index contributed by atoms with van der Waals surface area (Å²) in [4.78, 5) is 14.5. The summed E-state index contributed by atoms with van der Waals surface area (Å²) in [6, 6.07) is 0. The molecule has 1 rings (SSSR count). The minimum absolute atomic E-state index is 0.102. The van der Waals surface area contributed by atoms with E-state index in [4.69, 9.17) is 16.6 Å². The fourth-order valence-corrected chi connectivity index (χ4v) is 1.37. The number of thiazole rings is 1. The Hall–Kier alpha value is -1.18. The first-order chi connectivity index (χ1) is 6.00. The molecule has 1 atom stereocenters. The zero-order valence-corrected chi connectivity index (χ0v) is 7.67. The predicted molar refractivity (Wildman–Crippen MR) is 47.0 cm³/mol. The molecule has 0 saturated carbocycles. The molecule has 0 aromatic carbocycles. The third-order valence-corrected chi connectivity index (χ3v) is 2.22. The molecule has 0 aliphatic rings. The van der Waals surface area contributed by atoms with Gasteiger partial charge in [-0.05, 0) is 0 Å². The first-order valence-corrected chi connectivity index (χ1v) is 4.17. The van der Waals surface area contributed by atoms with Crippen molar-refractivity contribution in [3.63, 3.8) is 0 Å². The van der Waals surface area contributed by atoms with Crippen LogP contribution >= 0.6 is 11.3 Å². The van der Waals surface area contributed by atoms with Crippen LogP contribution in [0.25, 0.3) is 0 Å². The Labute approximate surface area is 78.1 Å². The Morgan fingerprint density at radius 1 is 1.85 bits per heavy atom. The number of rotatable bonds is 3. The van der Waals surface area contributed by atoms with E-state index < -0.39 is 11.7 Å². The van der Waals surface area contributed by atoms with E-state index in [0.717, 1.165) is 11.3 Å². The molecule has 1 aromatic heterocycles. The first-order valence-electron chi connectivity index (χ1n) is 3.29. The highest BCUT2D eigenvalue weighted by Gasteiger charge is 2.38. The number of hydrogen-bond acceptors (Lipinski definition) is 6. The van der Waals surface area contributed by atoms with E-state index in [1.807, 2.05) is 0 Å².